The standard InChI is InChI=1S/C8H11NO2S/c1-5(2)8-9-6(4-12-8)3-7(10)11/h4-5H,3H2,1-2H3,(H,10,11). The van der Waals surface area contributed by atoms with Crippen LogP contribution in [0.3, 0.4) is 0 Å². The summed E-state index contributed by atoms with van der Waals surface area (Å²) in [4.78, 5) is 14.5. The second-order valence-electron chi connectivity index (χ2n) is 2.90. The third kappa shape index (κ3) is 2.30. The number of hydrogen-bond acceptors (Lipinski definition) is 3. The van der Waals surface area contributed by atoms with Crippen LogP contribution in [0.5, 0.6) is 0 Å². The average Bonchev–Trinajstić information content (AvgIpc) is 2.34. The first-order valence-corrected chi connectivity index (χ1v) is 4.63. The molecule has 1 rings (SSSR count). The monoisotopic (exact) mass is 185 g/mol. The minimum atomic E-state index is -0.824. The van der Waals surface area contributed by atoms with E-state index in [2.05, 4.69) is 4.98 Å². The third-order valence-electron chi connectivity index (χ3n) is 1.40. The van der Waals surface area contributed by atoms with E-state index in [-0.39, 0.29) is 6.42 Å². The van der Waals surface area contributed by atoms with Crippen molar-refractivity contribution in [1.82, 2.24) is 4.98 Å². The summed E-state index contributed by atoms with van der Waals surface area (Å²) in [5.74, 6) is -0.437. The molecule has 66 valence electrons. The van der Waals surface area contributed by atoms with Crippen molar-refractivity contribution in [2.45, 2.75) is 26.2 Å². The molecule has 0 spiro atoms. The van der Waals surface area contributed by atoms with Crippen molar-refractivity contribution >= 4 is 17.3 Å². The molecule has 1 heterocycles. The highest BCUT2D eigenvalue weighted by Gasteiger charge is 2.07. The van der Waals surface area contributed by atoms with E-state index in [1.165, 1.54) is 11.3 Å². The summed E-state index contributed by atoms with van der Waals surface area (Å²) in [6, 6.07) is 0. The topological polar surface area (TPSA) is 50.2 Å². The Morgan fingerprint density at radius 1 is 1.75 bits per heavy atom. The van der Waals surface area contributed by atoms with Crippen molar-refractivity contribution in [3.63, 3.8) is 0 Å². The molecule has 12 heavy (non-hydrogen) atoms. The summed E-state index contributed by atoms with van der Waals surface area (Å²) in [5.41, 5.74) is 0.663. The van der Waals surface area contributed by atoms with Gasteiger partial charge in [0.25, 0.3) is 0 Å². The maximum atomic E-state index is 10.3. The number of carboxylic acid groups (broad SMARTS) is 1. The fourth-order valence-electron chi connectivity index (χ4n) is 0.824. The summed E-state index contributed by atoms with van der Waals surface area (Å²) in [7, 11) is 0. The Morgan fingerprint density at radius 2 is 2.42 bits per heavy atom. The molecule has 0 atom stereocenters. The maximum absolute atomic E-state index is 10.3. The van der Waals surface area contributed by atoms with Gasteiger partial charge in [-0.15, -0.1) is 11.3 Å². The minimum Gasteiger partial charge on any atom is -0.481 e. The molecule has 1 aromatic heterocycles. The molecule has 0 aliphatic carbocycles. The highest BCUT2D eigenvalue weighted by atomic mass is 32.1. The zero-order valence-corrected chi connectivity index (χ0v) is 7.89. The molecule has 0 bridgehead atoms. The molecule has 0 fully saturated rings. The molecule has 0 aromatic carbocycles. The lowest BCUT2D eigenvalue weighted by atomic mass is 10.2. The molecule has 1 N–H and O–H groups in total. The van der Waals surface area contributed by atoms with Gasteiger partial charge in [0.05, 0.1) is 17.1 Å². The second kappa shape index (κ2) is 3.67. The van der Waals surface area contributed by atoms with Gasteiger partial charge >= 0.3 is 5.97 Å². The highest BCUT2D eigenvalue weighted by Crippen LogP contribution is 2.19. The van der Waals surface area contributed by atoms with Crippen molar-refractivity contribution in [2.24, 2.45) is 0 Å². The van der Waals surface area contributed by atoms with Gasteiger partial charge in [0, 0.05) is 11.3 Å². The zero-order valence-electron chi connectivity index (χ0n) is 7.07. The van der Waals surface area contributed by atoms with Gasteiger partial charge in [-0.05, 0) is 0 Å². The third-order valence-corrected chi connectivity index (χ3v) is 2.59. The smallest absolute Gasteiger partial charge is 0.309 e. The number of carboxylic acids is 1. The van der Waals surface area contributed by atoms with Crippen LogP contribution in [0.2, 0.25) is 0 Å². The van der Waals surface area contributed by atoms with Gasteiger partial charge in [0.15, 0.2) is 0 Å². The van der Waals surface area contributed by atoms with Crippen LogP contribution in [0.15, 0.2) is 5.38 Å². The Kier molecular flexibility index (Phi) is 2.81. The van der Waals surface area contributed by atoms with Crippen LogP contribution in [0.4, 0.5) is 0 Å². The fraction of sp³-hybridized carbons (Fsp3) is 0.500. The number of aromatic nitrogens is 1. The number of aliphatic carboxylic acids is 1. The number of thiazole rings is 1. The number of nitrogens with zero attached hydrogens (tertiary/aromatic N) is 1. The summed E-state index contributed by atoms with van der Waals surface area (Å²) in [6.07, 6.45) is 0.0310. The molecule has 1 aromatic rings. The van der Waals surface area contributed by atoms with E-state index in [1.54, 1.807) is 0 Å². The van der Waals surface area contributed by atoms with Crippen LogP contribution >= 0.6 is 11.3 Å². The van der Waals surface area contributed by atoms with Crippen molar-refractivity contribution in [1.29, 1.82) is 0 Å². The van der Waals surface area contributed by atoms with Crippen molar-refractivity contribution in [3.8, 4) is 0 Å². The van der Waals surface area contributed by atoms with Crippen molar-refractivity contribution in [3.05, 3.63) is 16.1 Å². The fourth-order valence-corrected chi connectivity index (χ4v) is 1.66. The molecule has 0 aliphatic rings. The zero-order chi connectivity index (χ0) is 9.14. The normalized spacial score (nSPS) is 10.6. The molecule has 0 aliphatic heterocycles. The van der Waals surface area contributed by atoms with Crippen LogP contribution in [-0.2, 0) is 11.2 Å². The first-order valence-electron chi connectivity index (χ1n) is 3.75. The lowest BCUT2D eigenvalue weighted by molar-refractivity contribution is -0.136. The Morgan fingerprint density at radius 3 is 2.83 bits per heavy atom. The summed E-state index contributed by atoms with van der Waals surface area (Å²) in [6.45, 7) is 4.09. The predicted octanol–water partition coefficient (Wildman–Crippen LogP) is 1.89. The number of hydrogen-bond donors (Lipinski definition) is 1. The molecule has 4 heteroatoms. The van der Waals surface area contributed by atoms with E-state index in [9.17, 15) is 4.79 Å². The number of carbonyl (C=O) groups is 1. The van der Waals surface area contributed by atoms with Gasteiger partial charge < -0.3 is 5.11 Å². The lowest BCUT2D eigenvalue weighted by Gasteiger charge is -1.95. The quantitative estimate of drug-likeness (QED) is 0.782. The second-order valence-corrected chi connectivity index (χ2v) is 3.79. The molecular weight excluding hydrogens is 174 g/mol. The predicted molar refractivity (Wildman–Crippen MR) is 47.5 cm³/mol. The van der Waals surface area contributed by atoms with Gasteiger partial charge in [-0.1, -0.05) is 13.8 Å². The van der Waals surface area contributed by atoms with Crippen molar-refractivity contribution in [2.75, 3.05) is 0 Å². The van der Waals surface area contributed by atoms with Crippen LogP contribution in [0, 0.1) is 0 Å². The first-order chi connectivity index (χ1) is 5.59. The van der Waals surface area contributed by atoms with Crippen LogP contribution < -0.4 is 0 Å². The molecule has 3 nitrogen and oxygen atoms in total. The lowest BCUT2D eigenvalue weighted by Crippen LogP contribution is -2.00. The summed E-state index contributed by atoms with van der Waals surface area (Å²) in [5, 5.41) is 11.3. The first kappa shape index (κ1) is 9.19. The van der Waals surface area contributed by atoms with Gasteiger partial charge in [-0.25, -0.2) is 4.98 Å². The molecule has 0 unspecified atom stereocenters. The Labute approximate surface area is 75.1 Å². The van der Waals surface area contributed by atoms with Gasteiger partial charge in [-0.3, -0.25) is 4.79 Å². The van der Waals surface area contributed by atoms with Gasteiger partial charge in [-0.2, -0.15) is 0 Å². The van der Waals surface area contributed by atoms with Crippen LogP contribution in [-0.4, -0.2) is 16.1 Å². The summed E-state index contributed by atoms with van der Waals surface area (Å²) < 4.78 is 0. The average molecular weight is 185 g/mol. The highest BCUT2D eigenvalue weighted by molar-refractivity contribution is 7.09. The van der Waals surface area contributed by atoms with E-state index in [4.69, 9.17) is 5.11 Å². The number of rotatable bonds is 3. The Balaban J connectivity index is 2.70. The van der Waals surface area contributed by atoms with E-state index < -0.39 is 5.97 Å². The van der Waals surface area contributed by atoms with Crippen LogP contribution in [0.25, 0.3) is 0 Å². The molecule has 0 amide bonds. The molecular formula is C8H11NO2S. The van der Waals surface area contributed by atoms with E-state index >= 15 is 0 Å². The SMILES string of the molecule is CC(C)c1nc(CC(=O)O)cs1. The molecule has 0 radical (unpaired) electrons. The maximum Gasteiger partial charge on any atom is 0.309 e. The minimum absolute atomic E-state index is 0.0310. The Bertz CT molecular complexity index is 280. The van der Waals surface area contributed by atoms with E-state index in [0.717, 1.165) is 5.01 Å². The largest absolute Gasteiger partial charge is 0.481 e. The van der Waals surface area contributed by atoms with E-state index in [1.807, 2.05) is 19.2 Å². The van der Waals surface area contributed by atoms with Crippen molar-refractivity contribution < 1.29 is 9.90 Å². The van der Waals surface area contributed by atoms with Gasteiger partial charge in [0.2, 0.25) is 0 Å². The molecule has 0 saturated heterocycles. The van der Waals surface area contributed by atoms with Crippen LogP contribution in [0.1, 0.15) is 30.5 Å². The van der Waals surface area contributed by atoms with Gasteiger partial charge in [0.1, 0.15) is 0 Å². The van der Waals surface area contributed by atoms with E-state index in [0.29, 0.717) is 11.6 Å². The molecule has 0 saturated carbocycles. The Hall–Kier alpha value is -0.900. The summed E-state index contributed by atoms with van der Waals surface area (Å²) >= 11 is 1.53.